The molecular formula is C18H26N2O. The molecule has 2 fully saturated rings. The Balaban J connectivity index is 1.57. The van der Waals surface area contributed by atoms with Crippen LogP contribution in [-0.2, 0) is 0 Å². The zero-order valence-electron chi connectivity index (χ0n) is 13.1. The van der Waals surface area contributed by atoms with Crippen molar-refractivity contribution in [3.8, 4) is 0 Å². The van der Waals surface area contributed by atoms with Gasteiger partial charge in [0, 0.05) is 49.9 Å². The minimum absolute atomic E-state index is 0.229. The number of benzene rings is 1. The van der Waals surface area contributed by atoms with Gasteiger partial charge in [0.1, 0.15) is 0 Å². The molecule has 1 aliphatic carbocycles. The molecular weight excluding hydrogens is 260 g/mol. The highest BCUT2D eigenvalue weighted by atomic mass is 16.1. The molecule has 0 unspecified atom stereocenters. The molecule has 3 heteroatoms. The lowest BCUT2D eigenvalue weighted by Crippen LogP contribution is -2.49. The summed E-state index contributed by atoms with van der Waals surface area (Å²) in [6.07, 6.45) is 6.21. The lowest BCUT2D eigenvalue weighted by atomic mass is 10.1. The summed E-state index contributed by atoms with van der Waals surface area (Å²) in [5, 5.41) is 0. The van der Waals surface area contributed by atoms with Crippen LogP contribution in [0.25, 0.3) is 0 Å². The first kappa shape index (κ1) is 14.6. The predicted octanol–water partition coefficient (Wildman–Crippen LogP) is 3.34. The first-order valence-electron chi connectivity index (χ1n) is 8.40. The van der Waals surface area contributed by atoms with E-state index in [-0.39, 0.29) is 5.78 Å². The van der Waals surface area contributed by atoms with Crippen molar-refractivity contribution in [3.05, 3.63) is 29.8 Å². The van der Waals surface area contributed by atoms with Gasteiger partial charge in [-0.3, -0.25) is 9.69 Å². The molecule has 21 heavy (non-hydrogen) atoms. The van der Waals surface area contributed by atoms with E-state index >= 15 is 0 Å². The summed E-state index contributed by atoms with van der Waals surface area (Å²) >= 11 is 0. The molecule has 0 radical (unpaired) electrons. The van der Waals surface area contributed by atoms with E-state index < -0.39 is 0 Å². The van der Waals surface area contributed by atoms with Gasteiger partial charge in [-0.05, 0) is 37.1 Å². The third-order valence-electron chi connectivity index (χ3n) is 5.03. The number of carbonyl (C=O) groups excluding carboxylic acids is 1. The molecule has 0 N–H and O–H groups in total. The van der Waals surface area contributed by atoms with Gasteiger partial charge in [-0.2, -0.15) is 0 Å². The lowest BCUT2D eigenvalue weighted by molar-refractivity contribution is 0.0988. The van der Waals surface area contributed by atoms with Crippen molar-refractivity contribution in [1.82, 2.24) is 4.90 Å². The summed E-state index contributed by atoms with van der Waals surface area (Å²) in [6, 6.07) is 9.01. The van der Waals surface area contributed by atoms with Crippen LogP contribution < -0.4 is 4.90 Å². The van der Waals surface area contributed by atoms with Gasteiger partial charge in [-0.1, -0.05) is 19.8 Å². The highest BCUT2D eigenvalue weighted by Gasteiger charge is 2.26. The van der Waals surface area contributed by atoms with Crippen molar-refractivity contribution in [1.29, 1.82) is 0 Å². The van der Waals surface area contributed by atoms with Crippen molar-refractivity contribution in [2.75, 3.05) is 31.1 Å². The van der Waals surface area contributed by atoms with Crippen LogP contribution >= 0.6 is 0 Å². The Bertz CT molecular complexity index is 468. The van der Waals surface area contributed by atoms with Crippen LogP contribution in [-0.4, -0.2) is 42.9 Å². The zero-order valence-corrected chi connectivity index (χ0v) is 13.1. The largest absolute Gasteiger partial charge is 0.369 e. The number of piperazine rings is 1. The molecule has 114 valence electrons. The summed E-state index contributed by atoms with van der Waals surface area (Å²) in [4.78, 5) is 16.8. The third kappa shape index (κ3) is 3.29. The monoisotopic (exact) mass is 286 g/mol. The molecule has 1 saturated carbocycles. The topological polar surface area (TPSA) is 23.6 Å². The highest BCUT2D eigenvalue weighted by Crippen LogP contribution is 2.25. The Kier molecular flexibility index (Phi) is 4.59. The fourth-order valence-electron chi connectivity index (χ4n) is 3.68. The minimum atomic E-state index is 0.229. The Morgan fingerprint density at radius 1 is 1.05 bits per heavy atom. The second-order valence-corrected chi connectivity index (χ2v) is 6.28. The molecule has 0 amide bonds. The molecule has 1 aliphatic heterocycles. The van der Waals surface area contributed by atoms with E-state index in [1.165, 1.54) is 44.5 Å². The minimum Gasteiger partial charge on any atom is -0.369 e. The summed E-state index contributed by atoms with van der Waals surface area (Å²) in [7, 11) is 0. The number of carbonyl (C=O) groups is 1. The Morgan fingerprint density at radius 2 is 1.67 bits per heavy atom. The molecule has 1 aromatic carbocycles. The molecule has 0 aromatic heterocycles. The van der Waals surface area contributed by atoms with E-state index in [1.807, 2.05) is 19.1 Å². The van der Waals surface area contributed by atoms with Crippen LogP contribution in [0.5, 0.6) is 0 Å². The van der Waals surface area contributed by atoms with Gasteiger partial charge in [0.05, 0.1) is 0 Å². The second-order valence-electron chi connectivity index (χ2n) is 6.28. The van der Waals surface area contributed by atoms with Crippen molar-refractivity contribution in [2.24, 2.45) is 0 Å². The molecule has 2 aliphatic rings. The molecule has 0 spiro atoms. The Labute approximate surface area is 127 Å². The third-order valence-corrected chi connectivity index (χ3v) is 5.03. The van der Waals surface area contributed by atoms with Crippen LogP contribution in [0.4, 0.5) is 5.69 Å². The fourth-order valence-corrected chi connectivity index (χ4v) is 3.68. The summed E-state index contributed by atoms with van der Waals surface area (Å²) in [6.45, 7) is 6.49. The summed E-state index contributed by atoms with van der Waals surface area (Å²) in [5.74, 6) is 0.229. The normalized spacial score (nSPS) is 20.9. The van der Waals surface area contributed by atoms with E-state index in [4.69, 9.17) is 0 Å². The Hall–Kier alpha value is -1.35. The number of anilines is 1. The van der Waals surface area contributed by atoms with Crippen LogP contribution in [0.15, 0.2) is 24.3 Å². The van der Waals surface area contributed by atoms with Crippen molar-refractivity contribution >= 4 is 11.5 Å². The quantitative estimate of drug-likeness (QED) is 0.793. The van der Waals surface area contributed by atoms with Crippen LogP contribution in [0.2, 0.25) is 0 Å². The number of rotatable bonds is 4. The first-order chi connectivity index (χ1) is 10.3. The molecule has 3 rings (SSSR count). The van der Waals surface area contributed by atoms with E-state index in [9.17, 15) is 4.79 Å². The van der Waals surface area contributed by atoms with E-state index in [1.54, 1.807) is 0 Å². The van der Waals surface area contributed by atoms with E-state index in [0.717, 1.165) is 24.7 Å². The molecule has 1 aromatic rings. The van der Waals surface area contributed by atoms with Crippen molar-refractivity contribution in [3.63, 3.8) is 0 Å². The fraction of sp³-hybridized carbons (Fsp3) is 0.611. The van der Waals surface area contributed by atoms with Gasteiger partial charge in [0.15, 0.2) is 5.78 Å². The number of Topliss-reactive ketones (excluding diaryl/α,β-unsaturated/α-hetero) is 1. The van der Waals surface area contributed by atoms with Gasteiger partial charge in [0.25, 0.3) is 0 Å². The van der Waals surface area contributed by atoms with Gasteiger partial charge in [-0.25, -0.2) is 0 Å². The number of nitrogens with zero attached hydrogens (tertiary/aromatic N) is 2. The average Bonchev–Trinajstić information content (AvgIpc) is 3.09. The van der Waals surface area contributed by atoms with Gasteiger partial charge < -0.3 is 4.90 Å². The maximum atomic E-state index is 11.7. The molecule has 1 heterocycles. The van der Waals surface area contributed by atoms with Gasteiger partial charge in [-0.15, -0.1) is 0 Å². The molecule has 3 nitrogen and oxygen atoms in total. The number of hydrogen-bond acceptors (Lipinski definition) is 3. The van der Waals surface area contributed by atoms with Gasteiger partial charge >= 0.3 is 0 Å². The smallest absolute Gasteiger partial charge is 0.162 e. The SMILES string of the molecule is CCC(=O)c1ccc(N2CCN(C3CCCC3)CC2)cc1. The Morgan fingerprint density at radius 3 is 2.24 bits per heavy atom. The van der Waals surface area contributed by atoms with Crippen molar-refractivity contribution < 1.29 is 4.79 Å². The highest BCUT2D eigenvalue weighted by molar-refractivity contribution is 5.96. The standard InChI is InChI=1S/C18H26N2O/c1-2-18(21)15-7-9-17(10-8-15)20-13-11-19(12-14-20)16-5-3-4-6-16/h7-10,16H,2-6,11-14H2,1H3. The molecule has 1 saturated heterocycles. The first-order valence-corrected chi connectivity index (χ1v) is 8.40. The van der Waals surface area contributed by atoms with Gasteiger partial charge in [0.2, 0.25) is 0 Å². The van der Waals surface area contributed by atoms with E-state index in [0.29, 0.717) is 6.42 Å². The molecule has 0 bridgehead atoms. The summed E-state index contributed by atoms with van der Waals surface area (Å²) < 4.78 is 0. The predicted molar refractivity (Wildman–Crippen MR) is 87.1 cm³/mol. The maximum Gasteiger partial charge on any atom is 0.162 e. The van der Waals surface area contributed by atoms with Crippen LogP contribution in [0.1, 0.15) is 49.4 Å². The van der Waals surface area contributed by atoms with E-state index in [2.05, 4.69) is 21.9 Å². The van der Waals surface area contributed by atoms with Crippen LogP contribution in [0, 0.1) is 0 Å². The second kappa shape index (κ2) is 6.61. The van der Waals surface area contributed by atoms with Crippen LogP contribution in [0.3, 0.4) is 0 Å². The number of ketones is 1. The average molecular weight is 286 g/mol. The number of hydrogen-bond donors (Lipinski definition) is 0. The molecule has 0 atom stereocenters. The summed E-state index contributed by atoms with van der Waals surface area (Å²) in [5.41, 5.74) is 2.10. The maximum absolute atomic E-state index is 11.7. The zero-order chi connectivity index (χ0) is 14.7. The van der Waals surface area contributed by atoms with Crippen molar-refractivity contribution in [2.45, 2.75) is 45.1 Å². The lowest BCUT2D eigenvalue weighted by Gasteiger charge is -2.39.